The molecule has 20 heavy (non-hydrogen) atoms. The summed E-state index contributed by atoms with van der Waals surface area (Å²) in [6.07, 6.45) is 0.862. The summed E-state index contributed by atoms with van der Waals surface area (Å²) < 4.78 is 0. The molecule has 0 amide bonds. The number of benzene rings is 2. The second-order valence-corrected chi connectivity index (χ2v) is 6.20. The maximum atomic E-state index is 9.63. The van der Waals surface area contributed by atoms with E-state index in [0.29, 0.717) is 6.04 Å². The average Bonchev–Trinajstić information content (AvgIpc) is 2.91. The molecule has 0 aromatic heterocycles. The Balaban J connectivity index is 1.67. The van der Waals surface area contributed by atoms with Crippen LogP contribution in [0.2, 0.25) is 0 Å². The molecule has 104 valence electrons. The zero-order valence-electron chi connectivity index (χ0n) is 11.3. The van der Waals surface area contributed by atoms with Crippen LogP contribution >= 0.6 is 11.8 Å². The number of thioether (sulfide) groups is 1. The SMILES string of the molecule is OC[C@H](Cc1ccccc1)NC1CSc2ccccc21. The fraction of sp³-hybridized carbons (Fsp3) is 0.294. The topological polar surface area (TPSA) is 32.3 Å². The van der Waals surface area contributed by atoms with Crippen LogP contribution in [0.15, 0.2) is 59.5 Å². The molecule has 2 aromatic carbocycles. The highest BCUT2D eigenvalue weighted by molar-refractivity contribution is 7.99. The molecule has 0 bridgehead atoms. The second kappa shape index (κ2) is 6.44. The van der Waals surface area contributed by atoms with Crippen molar-refractivity contribution in [3.63, 3.8) is 0 Å². The molecule has 2 atom stereocenters. The predicted octanol–water partition coefficient (Wildman–Crippen LogP) is 3.03. The van der Waals surface area contributed by atoms with E-state index in [1.54, 1.807) is 0 Å². The number of hydrogen-bond acceptors (Lipinski definition) is 3. The van der Waals surface area contributed by atoms with Crippen molar-refractivity contribution in [2.45, 2.75) is 23.4 Å². The minimum atomic E-state index is 0.106. The molecular weight excluding hydrogens is 266 g/mol. The number of nitrogens with one attached hydrogen (secondary N) is 1. The lowest BCUT2D eigenvalue weighted by atomic mass is 10.0. The summed E-state index contributed by atoms with van der Waals surface area (Å²) in [5.41, 5.74) is 2.63. The van der Waals surface area contributed by atoms with Crippen LogP contribution in [-0.4, -0.2) is 23.5 Å². The molecule has 1 unspecified atom stereocenters. The molecule has 3 heteroatoms. The summed E-state index contributed by atoms with van der Waals surface area (Å²) >= 11 is 1.89. The summed E-state index contributed by atoms with van der Waals surface area (Å²) in [4.78, 5) is 1.36. The van der Waals surface area contributed by atoms with Gasteiger partial charge in [-0.05, 0) is 23.6 Å². The van der Waals surface area contributed by atoms with E-state index in [1.807, 2.05) is 30.0 Å². The number of hydrogen-bond donors (Lipinski definition) is 2. The Morgan fingerprint density at radius 2 is 1.85 bits per heavy atom. The van der Waals surface area contributed by atoms with Crippen LogP contribution in [0.1, 0.15) is 17.2 Å². The Morgan fingerprint density at radius 3 is 2.65 bits per heavy atom. The first-order chi connectivity index (χ1) is 9.86. The molecule has 2 N–H and O–H groups in total. The van der Waals surface area contributed by atoms with Gasteiger partial charge in [0.25, 0.3) is 0 Å². The van der Waals surface area contributed by atoms with Crippen LogP contribution in [0.25, 0.3) is 0 Å². The van der Waals surface area contributed by atoms with E-state index in [4.69, 9.17) is 0 Å². The zero-order valence-corrected chi connectivity index (χ0v) is 12.1. The molecule has 2 nitrogen and oxygen atoms in total. The second-order valence-electron chi connectivity index (χ2n) is 5.14. The standard InChI is InChI=1S/C17H19NOS/c19-11-14(10-13-6-2-1-3-7-13)18-16-12-20-17-9-5-4-8-15(16)17/h1-9,14,16,18-19H,10-12H2/t14-,16?/m0/s1. The van der Waals surface area contributed by atoms with E-state index in [-0.39, 0.29) is 12.6 Å². The Kier molecular flexibility index (Phi) is 4.41. The van der Waals surface area contributed by atoms with E-state index in [1.165, 1.54) is 16.0 Å². The minimum absolute atomic E-state index is 0.106. The zero-order chi connectivity index (χ0) is 13.8. The highest BCUT2D eigenvalue weighted by Crippen LogP contribution is 2.37. The van der Waals surface area contributed by atoms with Crippen molar-refractivity contribution in [2.24, 2.45) is 0 Å². The Labute approximate surface area is 124 Å². The van der Waals surface area contributed by atoms with Gasteiger partial charge in [0.1, 0.15) is 0 Å². The molecule has 1 aliphatic rings. The van der Waals surface area contributed by atoms with E-state index >= 15 is 0 Å². The van der Waals surface area contributed by atoms with Crippen LogP contribution in [0.3, 0.4) is 0 Å². The Hall–Kier alpha value is -1.29. The summed E-state index contributed by atoms with van der Waals surface area (Å²) in [7, 11) is 0. The first-order valence-corrected chi connectivity index (χ1v) is 7.98. The number of fused-ring (bicyclic) bond motifs is 1. The predicted molar refractivity (Wildman–Crippen MR) is 84.1 cm³/mol. The van der Waals surface area contributed by atoms with Gasteiger partial charge in [0.15, 0.2) is 0 Å². The number of aliphatic hydroxyl groups excluding tert-OH is 1. The van der Waals surface area contributed by atoms with Crippen molar-refractivity contribution in [1.82, 2.24) is 5.32 Å². The van der Waals surface area contributed by atoms with Gasteiger partial charge in [-0.25, -0.2) is 0 Å². The smallest absolute Gasteiger partial charge is 0.0588 e. The van der Waals surface area contributed by atoms with Crippen molar-refractivity contribution in [1.29, 1.82) is 0 Å². The van der Waals surface area contributed by atoms with Gasteiger partial charge in [-0.2, -0.15) is 0 Å². The van der Waals surface area contributed by atoms with Gasteiger partial charge in [0, 0.05) is 22.7 Å². The van der Waals surface area contributed by atoms with E-state index in [9.17, 15) is 5.11 Å². The van der Waals surface area contributed by atoms with Crippen LogP contribution in [0, 0.1) is 0 Å². The third kappa shape index (κ3) is 3.06. The molecule has 1 aliphatic heterocycles. The van der Waals surface area contributed by atoms with Crippen molar-refractivity contribution >= 4 is 11.8 Å². The van der Waals surface area contributed by atoms with Gasteiger partial charge in [0.05, 0.1) is 6.61 Å². The molecule has 0 radical (unpaired) electrons. The monoisotopic (exact) mass is 285 g/mol. The van der Waals surface area contributed by atoms with E-state index in [0.717, 1.165) is 12.2 Å². The van der Waals surface area contributed by atoms with Gasteiger partial charge < -0.3 is 10.4 Å². The van der Waals surface area contributed by atoms with Crippen molar-refractivity contribution in [2.75, 3.05) is 12.4 Å². The van der Waals surface area contributed by atoms with Crippen LogP contribution in [0.4, 0.5) is 0 Å². The molecule has 0 aliphatic carbocycles. The third-order valence-electron chi connectivity index (χ3n) is 3.68. The lowest BCUT2D eigenvalue weighted by molar-refractivity contribution is 0.233. The van der Waals surface area contributed by atoms with Crippen molar-refractivity contribution in [3.05, 3.63) is 65.7 Å². The average molecular weight is 285 g/mol. The molecule has 0 saturated carbocycles. The fourth-order valence-corrected chi connectivity index (χ4v) is 3.83. The van der Waals surface area contributed by atoms with E-state index in [2.05, 4.69) is 41.7 Å². The summed E-state index contributed by atoms with van der Waals surface area (Å²) in [5.74, 6) is 1.05. The third-order valence-corrected chi connectivity index (χ3v) is 4.86. The lowest BCUT2D eigenvalue weighted by Crippen LogP contribution is -2.37. The van der Waals surface area contributed by atoms with Crippen LogP contribution in [-0.2, 0) is 6.42 Å². The molecule has 0 spiro atoms. The van der Waals surface area contributed by atoms with Gasteiger partial charge in [0.2, 0.25) is 0 Å². The van der Waals surface area contributed by atoms with Gasteiger partial charge in [-0.1, -0.05) is 48.5 Å². The highest BCUT2D eigenvalue weighted by Gasteiger charge is 2.24. The molecule has 3 rings (SSSR count). The molecule has 0 fully saturated rings. The fourth-order valence-electron chi connectivity index (χ4n) is 2.66. The minimum Gasteiger partial charge on any atom is -0.395 e. The quantitative estimate of drug-likeness (QED) is 0.885. The molecule has 2 aromatic rings. The first-order valence-electron chi connectivity index (χ1n) is 6.99. The summed E-state index contributed by atoms with van der Waals surface area (Å²) in [6, 6.07) is 19.3. The highest BCUT2D eigenvalue weighted by atomic mass is 32.2. The first kappa shape index (κ1) is 13.7. The van der Waals surface area contributed by atoms with Gasteiger partial charge in [-0.15, -0.1) is 11.8 Å². The van der Waals surface area contributed by atoms with Crippen LogP contribution < -0.4 is 5.32 Å². The normalized spacial score (nSPS) is 18.8. The van der Waals surface area contributed by atoms with Crippen molar-refractivity contribution in [3.8, 4) is 0 Å². The maximum absolute atomic E-state index is 9.63. The summed E-state index contributed by atoms with van der Waals surface area (Å²) in [5, 5.41) is 13.2. The molecule has 0 saturated heterocycles. The molecular formula is C17H19NOS. The summed E-state index contributed by atoms with van der Waals surface area (Å²) in [6.45, 7) is 0.165. The Morgan fingerprint density at radius 1 is 1.10 bits per heavy atom. The van der Waals surface area contributed by atoms with E-state index < -0.39 is 0 Å². The van der Waals surface area contributed by atoms with Crippen LogP contribution in [0.5, 0.6) is 0 Å². The van der Waals surface area contributed by atoms with Gasteiger partial charge >= 0.3 is 0 Å². The Bertz CT molecular complexity index is 558. The number of aliphatic hydroxyl groups is 1. The maximum Gasteiger partial charge on any atom is 0.0588 e. The molecule has 1 heterocycles. The van der Waals surface area contributed by atoms with Gasteiger partial charge in [-0.3, -0.25) is 0 Å². The largest absolute Gasteiger partial charge is 0.395 e. The number of rotatable bonds is 5. The lowest BCUT2D eigenvalue weighted by Gasteiger charge is -2.21. The van der Waals surface area contributed by atoms with Crippen molar-refractivity contribution < 1.29 is 5.11 Å².